The van der Waals surface area contributed by atoms with Crippen LogP contribution in [0.2, 0.25) is 0 Å². The van der Waals surface area contributed by atoms with Gasteiger partial charge in [0.1, 0.15) is 0 Å². The highest BCUT2D eigenvalue weighted by atomic mass is 16.1. The van der Waals surface area contributed by atoms with Gasteiger partial charge in [-0.2, -0.15) is 0 Å². The normalized spacial score (nSPS) is 11.8. The van der Waals surface area contributed by atoms with E-state index in [1.165, 1.54) is 5.56 Å². The highest BCUT2D eigenvalue weighted by Crippen LogP contribution is 2.26. The molecule has 0 fully saturated rings. The fourth-order valence-corrected chi connectivity index (χ4v) is 4.07. The van der Waals surface area contributed by atoms with Gasteiger partial charge in [-0.15, -0.1) is 0 Å². The summed E-state index contributed by atoms with van der Waals surface area (Å²) >= 11 is 0. The molecule has 3 N–H and O–H groups in total. The van der Waals surface area contributed by atoms with Gasteiger partial charge in [-0.05, 0) is 74.4 Å². The lowest BCUT2D eigenvalue weighted by molar-refractivity contribution is 0.0952. The molecule has 6 heteroatoms. The van der Waals surface area contributed by atoms with E-state index in [4.69, 9.17) is 10.7 Å². The summed E-state index contributed by atoms with van der Waals surface area (Å²) in [5.41, 5.74) is 11.1. The van der Waals surface area contributed by atoms with Crippen LogP contribution in [0.15, 0.2) is 55.1 Å². The zero-order valence-corrected chi connectivity index (χ0v) is 19.8. The molecule has 2 heterocycles. The van der Waals surface area contributed by atoms with Crippen LogP contribution in [0.1, 0.15) is 72.1 Å². The van der Waals surface area contributed by atoms with Gasteiger partial charge in [0.15, 0.2) is 0 Å². The van der Waals surface area contributed by atoms with Crippen molar-refractivity contribution in [2.24, 2.45) is 5.73 Å². The molecule has 0 aliphatic rings. The van der Waals surface area contributed by atoms with Crippen LogP contribution in [0.4, 0.5) is 0 Å². The molecule has 3 rings (SSSR count). The number of aromatic nitrogens is 3. The van der Waals surface area contributed by atoms with E-state index in [9.17, 15) is 4.79 Å². The number of carbonyl (C=O) groups is 1. The molecule has 6 nitrogen and oxygen atoms in total. The van der Waals surface area contributed by atoms with Crippen molar-refractivity contribution in [3.8, 4) is 11.3 Å². The summed E-state index contributed by atoms with van der Waals surface area (Å²) in [6.07, 6.45) is 13.4. The number of rotatable bonds is 12. The molecule has 0 saturated carbocycles. The molecular weight excluding hydrogens is 410 g/mol. The lowest BCUT2D eigenvalue weighted by Crippen LogP contribution is -2.25. The van der Waals surface area contributed by atoms with E-state index >= 15 is 0 Å². The summed E-state index contributed by atoms with van der Waals surface area (Å²) in [6.45, 7) is 5.53. The third kappa shape index (κ3) is 7.19. The van der Waals surface area contributed by atoms with Crippen LogP contribution < -0.4 is 11.1 Å². The Balaban J connectivity index is 1.70. The lowest BCUT2D eigenvalue weighted by atomic mass is 9.91. The predicted molar refractivity (Wildman–Crippen MR) is 133 cm³/mol. The van der Waals surface area contributed by atoms with Crippen LogP contribution in [0.5, 0.6) is 0 Å². The highest BCUT2D eigenvalue weighted by Gasteiger charge is 2.15. The minimum atomic E-state index is -0.0366. The fraction of sp³-hybridized carbons (Fsp3) is 0.407. The van der Waals surface area contributed by atoms with Gasteiger partial charge in [0, 0.05) is 36.3 Å². The van der Waals surface area contributed by atoms with Crippen LogP contribution in [-0.4, -0.2) is 33.9 Å². The maximum Gasteiger partial charge on any atom is 0.251 e. The van der Waals surface area contributed by atoms with Crippen molar-refractivity contribution in [3.63, 3.8) is 0 Å². The van der Waals surface area contributed by atoms with Crippen LogP contribution in [0, 0.1) is 6.92 Å². The molecule has 1 amide bonds. The summed E-state index contributed by atoms with van der Waals surface area (Å²) in [5.74, 6) is 0.330. The van der Waals surface area contributed by atoms with Gasteiger partial charge in [0.25, 0.3) is 5.91 Å². The maximum atomic E-state index is 12.5. The summed E-state index contributed by atoms with van der Waals surface area (Å²) in [4.78, 5) is 26.2. The first-order valence-corrected chi connectivity index (χ1v) is 11.9. The van der Waals surface area contributed by atoms with E-state index in [2.05, 4.69) is 28.3 Å². The van der Waals surface area contributed by atoms with E-state index in [1.807, 2.05) is 43.6 Å². The molecule has 0 saturated heterocycles. The number of benzene rings is 1. The smallest absolute Gasteiger partial charge is 0.251 e. The van der Waals surface area contributed by atoms with Crippen molar-refractivity contribution in [2.45, 2.75) is 58.3 Å². The molecule has 2 aromatic heterocycles. The van der Waals surface area contributed by atoms with Crippen LogP contribution in [-0.2, 0) is 6.42 Å². The second-order valence-electron chi connectivity index (χ2n) is 8.51. The molecular formula is C27H35N5O. The largest absolute Gasteiger partial charge is 0.352 e. The first kappa shape index (κ1) is 24.5. The molecule has 1 unspecified atom stereocenters. The Kier molecular flexibility index (Phi) is 9.51. The topological polar surface area (TPSA) is 93.8 Å². The van der Waals surface area contributed by atoms with Gasteiger partial charge in [-0.1, -0.05) is 31.9 Å². The number of aryl methyl sites for hydroxylation is 1. The molecule has 1 atom stereocenters. The van der Waals surface area contributed by atoms with Gasteiger partial charge in [-0.25, -0.2) is 4.98 Å². The first-order valence-electron chi connectivity index (χ1n) is 11.9. The summed E-state index contributed by atoms with van der Waals surface area (Å²) in [6, 6.07) is 9.97. The highest BCUT2D eigenvalue weighted by molar-refractivity contribution is 5.96. The molecule has 33 heavy (non-hydrogen) atoms. The van der Waals surface area contributed by atoms with Crippen molar-refractivity contribution in [3.05, 3.63) is 77.5 Å². The Morgan fingerprint density at radius 2 is 1.97 bits per heavy atom. The zero-order chi connectivity index (χ0) is 23.5. The van der Waals surface area contributed by atoms with Crippen LogP contribution in [0.3, 0.4) is 0 Å². The zero-order valence-electron chi connectivity index (χ0n) is 19.8. The second-order valence-corrected chi connectivity index (χ2v) is 8.51. The van der Waals surface area contributed by atoms with Crippen molar-refractivity contribution in [1.82, 2.24) is 20.3 Å². The van der Waals surface area contributed by atoms with Gasteiger partial charge in [0.05, 0.1) is 17.6 Å². The molecule has 174 valence electrons. The number of carbonyl (C=O) groups excluding carboxylic acids is 1. The third-order valence-corrected chi connectivity index (χ3v) is 5.87. The van der Waals surface area contributed by atoms with Gasteiger partial charge in [-0.3, -0.25) is 14.8 Å². The van der Waals surface area contributed by atoms with E-state index in [0.29, 0.717) is 24.6 Å². The van der Waals surface area contributed by atoms with E-state index in [0.717, 1.165) is 61.0 Å². The van der Waals surface area contributed by atoms with E-state index in [1.54, 1.807) is 12.4 Å². The van der Waals surface area contributed by atoms with Gasteiger partial charge in [0.2, 0.25) is 0 Å². The third-order valence-electron chi connectivity index (χ3n) is 5.87. The molecule has 0 radical (unpaired) electrons. The number of amides is 1. The minimum Gasteiger partial charge on any atom is -0.352 e. The van der Waals surface area contributed by atoms with Crippen molar-refractivity contribution >= 4 is 5.91 Å². The van der Waals surface area contributed by atoms with Crippen molar-refractivity contribution in [2.75, 3.05) is 13.1 Å². The monoisotopic (exact) mass is 445 g/mol. The number of nitrogens with zero attached hydrogens (tertiary/aromatic N) is 3. The lowest BCUT2D eigenvalue weighted by Gasteiger charge is -2.16. The maximum absolute atomic E-state index is 12.5. The van der Waals surface area contributed by atoms with Crippen LogP contribution >= 0.6 is 0 Å². The molecule has 0 bridgehead atoms. The Morgan fingerprint density at radius 1 is 1.09 bits per heavy atom. The number of pyridine rings is 1. The molecule has 1 aromatic carbocycles. The number of hydrogen-bond donors (Lipinski definition) is 2. The summed E-state index contributed by atoms with van der Waals surface area (Å²) in [5, 5.41) is 3.00. The number of nitrogens with two attached hydrogens (primary N) is 1. The Labute approximate surface area is 197 Å². The molecule has 3 aromatic rings. The van der Waals surface area contributed by atoms with Crippen molar-refractivity contribution < 1.29 is 4.79 Å². The SMILES string of the molecule is CCCC(Cc1cncc(-c2ccc(C(=O)NCCCCCN)c(C)c2)n1)c1cccnc1. The summed E-state index contributed by atoms with van der Waals surface area (Å²) in [7, 11) is 0. The fourth-order valence-electron chi connectivity index (χ4n) is 4.07. The average Bonchev–Trinajstić information content (AvgIpc) is 2.84. The molecule has 0 aliphatic carbocycles. The Hall–Kier alpha value is -3.12. The van der Waals surface area contributed by atoms with Gasteiger partial charge < -0.3 is 11.1 Å². The predicted octanol–water partition coefficient (Wildman–Crippen LogP) is 4.83. The number of hydrogen-bond acceptors (Lipinski definition) is 5. The average molecular weight is 446 g/mol. The van der Waals surface area contributed by atoms with Crippen LogP contribution in [0.25, 0.3) is 11.3 Å². The van der Waals surface area contributed by atoms with E-state index < -0.39 is 0 Å². The minimum absolute atomic E-state index is 0.0366. The Bertz CT molecular complexity index is 1020. The van der Waals surface area contributed by atoms with Gasteiger partial charge >= 0.3 is 0 Å². The first-order chi connectivity index (χ1) is 16.1. The molecule has 0 aliphatic heterocycles. The molecule has 0 spiro atoms. The Morgan fingerprint density at radius 3 is 2.70 bits per heavy atom. The van der Waals surface area contributed by atoms with Crippen molar-refractivity contribution in [1.29, 1.82) is 0 Å². The van der Waals surface area contributed by atoms with E-state index in [-0.39, 0.29) is 5.91 Å². The second kappa shape index (κ2) is 12.8. The number of unbranched alkanes of at least 4 members (excludes halogenated alkanes) is 2. The standard InChI is InChI=1S/C27H35N5O/c1-3-8-21(23-9-7-13-29-17-23)16-24-18-30-19-26(32-24)22-10-11-25(20(2)15-22)27(33)31-14-6-4-5-12-28/h7,9-11,13,15,17-19,21H,3-6,8,12,14,16,28H2,1-2H3,(H,31,33). The number of nitrogens with one attached hydrogen (secondary N) is 1. The summed E-state index contributed by atoms with van der Waals surface area (Å²) < 4.78 is 0. The quantitative estimate of drug-likeness (QED) is 0.389.